The number of ether oxygens (including phenoxy) is 2. The van der Waals surface area contributed by atoms with E-state index in [0.29, 0.717) is 23.3 Å². The second kappa shape index (κ2) is 14.9. The molecule has 8 bridgehead atoms. The predicted molar refractivity (Wildman–Crippen MR) is 206 cm³/mol. The van der Waals surface area contributed by atoms with Crippen molar-refractivity contribution in [2.24, 2.45) is 17.8 Å². The summed E-state index contributed by atoms with van der Waals surface area (Å²) in [5.74, 6) is -2.61. The monoisotopic (exact) mass is 704 g/mol. The van der Waals surface area contributed by atoms with Crippen molar-refractivity contribution in [2.45, 2.75) is 87.0 Å². The quantitative estimate of drug-likeness (QED) is 0.0985. The molecule has 0 amide bonds. The summed E-state index contributed by atoms with van der Waals surface area (Å²) >= 11 is 0. The number of methoxy groups -OCH3 is 1. The summed E-state index contributed by atoms with van der Waals surface area (Å²) in [6.07, 6.45) is 14.8. The molecule has 9 nitrogen and oxygen atoms in total. The zero-order valence-electron chi connectivity index (χ0n) is 31.8. The maximum atomic E-state index is 14.3. The predicted octanol–water partition coefficient (Wildman–Crippen LogP) is 6.83. The summed E-state index contributed by atoms with van der Waals surface area (Å²) in [5, 5.41) is 5.62. The minimum Gasteiger partial charge on any atom is -0.468 e. The van der Waals surface area contributed by atoms with E-state index in [1.807, 2.05) is 19.1 Å². The number of hydrogen-bond donors (Lipinski definition) is 4. The largest absolute Gasteiger partial charge is 0.468 e. The Labute approximate surface area is 306 Å². The highest BCUT2D eigenvalue weighted by Gasteiger charge is 2.48. The van der Waals surface area contributed by atoms with Crippen molar-refractivity contribution in [3.05, 3.63) is 96.5 Å². The summed E-state index contributed by atoms with van der Waals surface area (Å²) in [4.78, 5) is 51.7. The fraction of sp³-hybridized carbons (Fsp3) is 0.419. The number of fused-ring (bicyclic) bond motifs is 7. The summed E-state index contributed by atoms with van der Waals surface area (Å²) in [7, 11) is 1.31. The Balaban J connectivity index is 1.53. The number of nitrogens with one attached hydrogen (secondary N) is 4. The molecule has 0 unspecified atom stereocenters. The molecule has 5 heterocycles. The van der Waals surface area contributed by atoms with Crippen LogP contribution in [0.1, 0.15) is 121 Å². The first-order chi connectivity index (χ1) is 24.9. The van der Waals surface area contributed by atoms with Crippen LogP contribution in [0.25, 0.3) is 29.9 Å². The Bertz CT molecular complexity index is 2180. The van der Waals surface area contributed by atoms with Crippen molar-refractivity contribution >= 4 is 47.6 Å². The van der Waals surface area contributed by atoms with Gasteiger partial charge in [0.05, 0.1) is 12.8 Å². The molecule has 3 aromatic heterocycles. The minimum absolute atomic E-state index is 0.0797. The van der Waals surface area contributed by atoms with Crippen LogP contribution in [0.3, 0.4) is 0 Å². The number of carbonyl (C=O) groups is 3. The van der Waals surface area contributed by atoms with Crippen molar-refractivity contribution in [3.63, 3.8) is 0 Å². The van der Waals surface area contributed by atoms with E-state index in [2.05, 4.69) is 86.6 Å². The van der Waals surface area contributed by atoms with Gasteiger partial charge >= 0.3 is 11.9 Å². The molecule has 274 valence electrons. The topological polar surface area (TPSA) is 129 Å². The number of unbranched alkanes of at least 4 members (excludes halogenated alkanes) is 1. The van der Waals surface area contributed by atoms with Gasteiger partial charge in [-0.15, -0.1) is 0 Å². The molecule has 0 aromatic carbocycles. The van der Waals surface area contributed by atoms with Gasteiger partial charge < -0.3 is 29.7 Å². The van der Waals surface area contributed by atoms with Crippen LogP contribution in [0, 0.1) is 38.5 Å². The van der Waals surface area contributed by atoms with Crippen molar-refractivity contribution in [2.75, 3.05) is 13.7 Å². The number of aromatic amines is 3. The number of H-pyrrole nitrogens is 3. The third kappa shape index (κ3) is 6.46. The van der Waals surface area contributed by atoms with E-state index in [1.54, 1.807) is 0 Å². The average Bonchev–Trinajstić information content (AvgIpc) is 3.86. The molecule has 9 heteroatoms. The zero-order chi connectivity index (χ0) is 37.4. The van der Waals surface area contributed by atoms with Gasteiger partial charge in [0, 0.05) is 74.1 Å². The van der Waals surface area contributed by atoms with Crippen molar-refractivity contribution < 1.29 is 23.9 Å². The third-order valence-electron chi connectivity index (χ3n) is 11.3. The molecular weight excluding hydrogens is 652 g/mol. The first-order valence-corrected chi connectivity index (χ1v) is 18.6. The highest BCUT2D eigenvalue weighted by molar-refractivity contribution is 6.24. The average molecular weight is 705 g/mol. The van der Waals surface area contributed by atoms with Gasteiger partial charge in [0.1, 0.15) is 12.5 Å². The summed E-state index contributed by atoms with van der Waals surface area (Å²) < 4.78 is 10.9. The molecule has 0 saturated carbocycles. The Hall–Kier alpha value is -5.05. The van der Waals surface area contributed by atoms with E-state index < -0.39 is 11.9 Å². The van der Waals surface area contributed by atoms with Gasteiger partial charge in [0.25, 0.3) is 0 Å². The van der Waals surface area contributed by atoms with Crippen LogP contribution in [0.2, 0.25) is 0 Å². The Morgan fingerprint density at radius 2 is 1.67 bits per heavy atom. The number of rotatable bonds is 11. The number of aromatic nitrogens is 3. The molecule has 4 N–H and O–H groups in total. The number of Topliss-reactive ketones (excluding diaryl/α,β-unsaturated/α-hetero) is 1. The lowest BCUT2D eigenvalue weighted by Gasteiger charge is -2.19. The first-order valence-electron chi connectivity index (χ1n) is 18.6. The van der Waals surface area contributed by atoms with Gasteiger partial charge in [0.15, 0.2) is 5.78 Å². The summed E-state index contributed by atoms with van der Waals surface area (Å²) in [6, 6.07) is 0. The highest BCUT2D eigenvalue weighted by Crippen LogP contribution is 2.48. The van der Waals surface area contributed by atoms with Crippen molar-refractivity contribution in [1.82, 2.24) is 20.3 Å². The van der Waals surface area contributed by atoms with Crippen molar-refractivity contribution in [1.29, 1.82) is 0 Å². The number of carbonyl (C=O) groups excluding carboxylic acids is 3. The van der Waals surface area contributed by atoms with E-state index in [4.69, 9.17) is 9.47 Å². The molecule has 52 heavy (non-hydrogen) atoms. The van der Waals surface area contributed by atoms with Gasteiger partial charge in [0.2, 0.25) is 0 Å². The van der Waals surface area contributed by atoms with Crippen LogP contribution >= 0.6 is 0 Å². The second-order valence-corrected chi connectivity index (χ2v) is 14.5. The summed E-state index contributed by atoms with van der Waals surface area (Å²) in [5.41, 5.74) is 12.4. The smallest absolute Gasteiger partial charge is 0.321 e. The summed E-state index contributed by atoms with van der Waals surface area (Å²) in [6.45, 7) is 19.0. The maximum absolute atomic E-state index is 14.3. The van der Waals surface area contributed by atoms with E-state index >= 15 is 0 Å². The normalized spacial score (nSPS) is 22.9. The molecule has 3 atom stereocenters. The molecular formula is C43H52N4O5. The number of esters is 2. The van der Waals surface area contributed by atoms with Gasteiger partial charge in [-0.25, -0.2) is 0 Å². The number of allylic oxidation sites excluding steroid dienone is 3. The molecule has 1 fully saturated rings. The van der Waals surface area contributed by atoms with Crippen LogP contribution in [0.4, 0.5) is 0 Å². The lowest BCUT2D eigenvalue weighted by atomic mass is 9.85. The molecule has 3 aromatic rings. The molecule has 0 radical (unpaired) electrons. The fourth-order valence-electron chi connectivity index (χ4n) is 8.18. The van der Waals surface area contributed by atoms with Crippen molar-refractivity contribution in [3.8, 4) is 0 Å². The van der Waals surface area contributed by atoms with Crippen LogP contribution < -0.4 is 16.0 Å². The fourth-order valence-corrected chi connectivity index (χ4v) is 8.18. The third-order valence-corrected chi connectivity index (χ3v) is 11.3. The van der Waals surface area contributed by atoms with Gasteiger partial charge in [-0.3, -0.25) is 14.4 Å². The van der Waals surface area contributed by atoms with E-state index in [1.165, 1.54) is 18.2 Å². The SMILES string of the molecule is C=Cc1c2[nH]c(c1C)/C=C1\N/C(=C3\c4[nH]c(c(C)c4C(=O)[C@@H]3C(=O)OC)/C=c3\[nH]/c(c(C)c3CC)=C\2)[C@@H](CCC(=O)OC/C=C(\C)CCCC)[C@@H]1C. The molecule has 1 saturated heterocycles. The maximum Gasteiger partial charge on any atom is 0.321 e. The highest BCUT2D eigenvalue weighted by atomic mass is 16.5. The molecule has 1 aliphatic carbocycles. The van der Waals surface area contributed by atoms with E-state index in [0.717, 1.165) is 87.1 Å². The van der Waals surface area contributed by atoms with Gasteiger partial charge in [-0.05, 0) is 99.9 Å². The molecule has 6 rings (SSSR count). The Morgan fingerprint density at radius 3 is 2.37 bits per heavy atom. The number of ketones is 1. The zero-order valence-corrected chi connectivity index (χ0v) is 31.8. The second-order valence-electron chi connectivity index (χ2n) is 14.5. The lowest BCUT2D eigenvalue weighted by molar-refractivity contribution is -0.143. The Morgan fingerprint density at radius 1 is 0.942 bits per heavy atom. The van der Waals surface area contributed by atoms with Crippen LogP contribution in [0.15, 0.2) is 29.6 Å². The van der Waals surface area contributed by atoms with Crippen LogP contribution in [0.5, 0.6) is 0 Å². The molecule has 0 spiro atoms. The number of hydrogen-bond acceptors (Lipinski definition) is 6. The minimum atomic E-state index is -1.14. The van der Waals surface area contributed by atoms with E-state index in [9.17, 15) is 14.4 Å². The molecule has 3 aliphatic rings. The van der Waals surface area contributed by atoms with E-state index in [-0.39, 0.29) is 36.6 Å². The van der Waals surface area contributed by atoms with Gasteiger partial charge in [-0.2, -0.15) is 0 Å². The first kappa shape index (κ1) is 36.7. The van der Waals surface area contributed by atoms with Gasteiger partial charge in [-0.1, -0.05) is 45.4 Å². The molecule has 2 aliphatic heterocycles. The standard InChI is InChI=1S/C43H52N4O5/c1-10-13-14-22(4)17-18-52-36(48)16-15-29-25(7)32-19-30-23(5)27(11-2)34(44-30)20-31-24(6)28(12-3)35(45-31)21-33-26(8)37-41(47-33)38(40(29)46-32)39(42(37)49)43(50)51-9/h11,17,19-21,25,29,39,44-47H,2,10,12-16,18H2,1,3-9H3/b22-17+,31-20-,32-19-,35-21-,40-38-/t25-,29-,39+/m0/s1. The van der Waals surface area contributed by atoms with Crippen LogP contribution in [-0.2, 0) is 25.5 Å². The lowest BCUT2D eigenvalue weighted by Crippen LogP contribution is -2.25. The van der Waals surface area contributed by atoms with Crippen LogP contribution in [-0.4, -0.2) is 46.4 Å². The Kier molecular flexibility index (Phi) is 10.5.